The molecule has 1 rings (SSSR count). The Morgan fingerprint density at radius 2 is 2.13 bits per heavy atom. The van der Waals surface area contributed by atoms with Crippen molar-refractivity contribution in [1.82, 2.24) is 4.98 Å². The monoisotopic (exact) mass is 232 g/mol. The van der Waals surface area contributed by atoms with Gasteiger partial charge in [0.05, 0.1) is 12.8 Å². The first kappa shape index (κ1) is 11.9. The van der Waals surface area contributed by atoms with Crippen LogP contribution in [0, 0.1) is 0 Å². The summed E-state index contributed by atoms with van der Waals surface area (Å²) < 4.78 is 31.7. The van der Waals surface area contributed by atoms with Crippen LogP contribution in [0.3, 0.4) is 0 Å². The van der Waals surface area contributed by atoms with Crippen molar-refractivity contribution in [2.75, 3.05) is 20.3 Å². The molecule has 1 aromatic rings. The van der Waals surface area contributed by atoms with Gasteiger partial charge in [-0.05, 0) is 6.07 Å². The molecule has 0 saturated heterocycles. The number of methoxy groups -OCH3 is 1. The molecule has 15 heavy (non-hydrogen) atoms. The Morgan fingerprint density at radius 3 is 2.60 bits per heavy atom. The summed E-state index contributed by atoms with van der Waals surface area (Å²) in [6.45, 7) is 0.802. The number of nitrogens with two attached hydrogens (primary N) is 1. The lowest BCUT2D eigenvalue weighted by atomic mass is 10.5. The Labute approximate surface area is 88.1 Å². The molecule has 0 aliphatic heterocycles. The molecule has 0 radical (unpaired) electrons. The van der Waals surface area contributed by atoms with Gasteiger partial charge in [-0.3, -0.25) is 0 Å². The second kappa shape index (κ2) is 5.06. The van der Waals surface area contributed by atoms with Crippen molar-refractivity contribution in [3.05, 3.63) is 18.3 Å². The molecular weight excluding hydrogens is 220 g/mol. The Kier molecular flexibility index (Phi) is 4.01. The molecule has 1 heterocycles. The van der Waals surface area contributed by atoms with Gasteiger partial charge in [-0.1, -0.05) is 0 Å². The van der Waals surface area contributed by atoms with Crippen LogP contribution in [0.5, 0.6) is 5.88 Å². The SMILES string of the molecule is COCCOc1ccc(S(N)(=O)=O)cn1. The second-order valence-corrected chi connectivity index (χ2v) is 4.28. The first-order valence-corrected chi connectivity index (χ1v) is 5.69. The lowest BCUT2D eigenvalue weighted by Gasteiger charge is -2.04. The number of hydrogen-bond acceptors (Lipinski definition) is 5. The van der Waals surface area contributed by atoms with Crippen molar-refractivity contribution >= 4 is 10.0 Å². The van der Waals surface area contributed by atoms with Gasteiger partial charge in [-0.15, -0.1) is 0 Å². The van der Waals surface area contributed by atoms with E-state index >= 15 is 0 Å². The fourth-order valence-electron chi connectivity index (χ4n) is 0.850. The lowest BCUT2D eigenvalue weighted by molar-refractivity contribution is 0.143. The summed E-state index contributed by atoms with van der Waals surface area (Å²) >= 11 is 0. The van der Waals surface area contributed by atoms with Gasteiger partial charge in [0.2, 0.25) is 15.9 Å². The predicted octanol–water partition coefficient (Wildman–Crippen LogP) is -0.246. The zero-order valence-corrected chi connectivity index (χ0v) is 9.03. The average Bonchev–Trinajstić information content (AvgIpc) is 2.18. The molecule has 1 aromatic heterocycles. The minimum atomic E-state index is -3.69. The van der Waals surface area contributed by atoms with E-state index in [9.17, 15) is 8.42 Å². The van der Waals surface area contributed by atoms with Crippen LogP contribution in [0.2, 0.25) is 0 Å². The molecule has 0 amide bonds. The van der Waals surface area contributed by atoms with E-state index in [1.165, 1.54) is 12.1 Å². The summed E-state index contributed by atoms with van der Waals surface area (Å²) in [6.07, 6.45) is 1.15. The summed E-state index contributed by atoms with van der Waals surface area (Å²) in [5.41, 5.74) is 0. The van der Waals surface area contributed by atoms with E-state index in [1.54, 1.807) is 7.11 Å². The molecule has 0 bridgehead atoms. The maximum atomic E-state index is 10.9. The number of rotatable bonds is 5. The van der Waals surface area contributed by atoms with Crippen molar-refractivity contribution in [3.63, 3.8) is 0 Å². The molecule has 6 nitrogen and oxygen atoms in total. The van der Waals surface area contributed by atoms with Crippen LogP contribution in [0.25, 0.3) is 0 Å². The number of pyridine rings is 1. The van der Waals surface area contributed by atoms with Gasteiger partial charge >= 0.3 is 0 Å². The summed E-state index contributed by atoms with van der Waals surface area (Å²) in [5, 5.41) is 4.90. The van der Waals surface area contributed by atoms with E-state index in [2.05, 4.69) is 4.98 Å². The molecule has 0 aromatic carbocycles. The molecule has 84 valence electrons. The molecule has 0 unspecified atom stereocenters. The number of nitrogens with zero attached hydrogens (tertiary/aromatic N) is 1. The van der Waals surface area contributed by atoms with Crippen LogP contribution < -0.4 is 9.88 Å². The smallest absolute Gasteiger partial charge is 0.239 e. The molecule has 0 saturated carbocycles. The standard InChI is InChI=1S/C8H12N2O4S/c1-13-4-5-14-8-3-2-7(6-10-8)15(9,11)12/h2-3,6H,4-5H2,1H3,(H2,9,11,12). The van der Waals surface area contributed by atoms with Crippen molar-refractivity contribution in [3.8, 4) is 5.88 Å². The zero-order valence-electron chi connectivity index (χ0n) is 8.21. The zero-order chi connectivity index (χ0) is 11.3. The average molecular weight is 232 g/mol. The normalized spacial score (nSPS) is 11.3. The van der Waals surface area contributed by atoms with E-state index < -0.39 is 10.0 Å². The maximum Gasteiger partial charge on any atom is 0.239 e. The molecule has 7 heteroatoms. The molecule has 0 aliphatic rings. The third kappa shape index (κ3) is 3.82. The van der Waals surface area contributed by atoms with Gasteiger partial charge in [0.25, 0.3) is 0 Å². The number of sulfonamides is 1. The molecule has 0 atom stereocenters. The predicted molar refractivity (Wildman–Crippen MR) is 53.0 cm³/mol. The highest BCUT2D eigenvalue weighted by Gasteiger charge is 2.07. The molecule has 0 fully saturated rings. The summed E-state index contributed by atoms with van der Waals surface area (Å²) in [7, 11) is -2.13. The number of primary sulfonamides is 1. The lowest BCUT2D eigenvalue weighted by Crippen LogP contribution is -2.12. The Balaban J connectivity index is 2.65. The van der Waals surface area contributed by atoms with Gasteiger partial charge in [-0.2, -0.15) is 0 Å². The summed E-state index contributed by atoms with van der Waals surface area (Å²) in [5.74, 6) is 0.333. The number of hydrogen-bond donors (Lipinski definition) is 1. The fourth-order valence-corrected chi connectivity index (χ4v) is 1.31. The van der Waals surface area contributed by atoms with E-state index in [4.69, 9.17) is 14.6 Å². The Bertz CT molecular complexity index is 401. The summed E-state index contributed by atoms with van der Waals surface area (Å²) in [6, 6.07) is 2.78. The maximum absolute atomic E-state index is 10.9. The second-order valence-electron chi connectivity index (χ2n) is 2.72. The third-order valence-corrected chi connectivity index (χ3v) is 2.47. The first-order chi connectivity index (χ1) is 7.04. The van der Waals surface area contributed by atoms with E-state index in [-0.39, 0.29) is 4.90 Å². The van der Waals surface area contributed by atoms with E-state index in [0.717, 1.165) is 6.20 Å². The van der Waals surface area contributed by atoms with Gasteiger partial charge in [0.1, 0.15) is 11.5 Å². The van der Waals surface area contributed by atoms with Gasteiger partial charge in [0.15, 0.2) is 0 Å². The van der Waals surface area contributed by atoms with Gasteiger partial charge < -0.3 is 9.47 Å². The van der Waals surface area contributed by atoms with Crippen LogP contribution in [0.15, 0.2) is 23.2 Å². The minimum Gasteiger partial charge on any atom is -0.475 e. The molecule has 0 spiro atoms. The van der Waals surface area contributed by atoms with Crippen LogP contribution in [-0.2, 0) is 14.8 Å². The van der Waals surface area contributed by atoms with Crippen molar-refractivity contribution < 1.29 is 17.9 Å². The van der Waals surface area contributed by atoms with Crippen molar-refractivity contribution in [2.45, 2.75) is 4.90 Å². The number of ether oxygens (including phenoxy) is 2. The highest BCUT2D eigenvalue weighted by molar-refractivity contribution is 7.89. The van der Waals surface area contributed by atoms with Crippen LogP contribution in [-0.4, -0.2) is 33.7 Å². The number of aromatic nitrogens is 1. The Hall–Kier alpha value is -1.18. The molecule has 2 N–H and O–H groups in total. The molecule has 0 aliphatic carbocycles. The minimum absolute atomic E-state index is 0.0402. The summed E-state index contributed by atoms with van der Waals surface area (Å²) in [4.78, 5) is 3.74. The van der Waals surface area contributed by atoms with Crippen LogP contribution in [0.4, 0.5) is 0 Å². The van der Waals surface area contributed by atoms with Crippen LogP contribution >= 0.6 is 0 Å². The Morgan fingerprint density at radius 1 is 1.40 bits per heavy atom. The quantitative estimate of drug-likeness (QED) is 0.707. The van der Waals surface area contributed by atoms with Gasteiger partial charge in [-0.25, -0.2) is 18.5 Å². The van der Waals surface area contributed by atoms with Crippen molar-refractivity contribution in [1.29, 1.82) is 0 Å². The first-order valence-electron chi connectivity index (χ1n) is 4.14. The van der Waals surface area contributed by atoms with E-state index in [0.29, 0.717) is 19.1 Å². The van der Waals surface area contributed by atoms with Crippen molar-refractivity contribution in [2.24, 2.45) is 5.14 Å². The fraction of sp³-hybridized carbons (Fsp3) is 0.375. The van der Waals surface area contributed by atoms with Gasteiger partial charge in [0, 0.05) is 13.2 Å². The third-order valence-electron chi connectivity index (χ3n) is 1.58. The van der Waals surface area contributed by atoms with E-state index in [1.807, 2.05) is 0 Å². The highest BCUT2D eigenvalue weighted by Crippen LogP contribution is 2.10. The topological polar surface area (TPSA) is 91.5 Å². The largest absolute Gasteiger partial charge is 0.475 e. The van der Waals surface area contributed by atoms with Crippen LogP contribution in [0.1, 0.15) is 0 Å². The highest BCUT2D eigenvalue weighted by atomic mass is 32.2. The molecular formula is C8H12N2O4S.